The van der Waals surface area contributed by atoms with Crippen molar-refractivity contribution < 1.29 is 24.2 Å². The van der Waals surface area contributed by atoms with Crippen LogP contribution in [0.5, 0.6) is 0 Å². The number of aliphatic hydroxyl groups excluding tert-OH is 1. The molecule has 0 aromatic heterocycles. The van der Waals surface area contributed by atoms with Crippen LogP contribution in [0.25, 0.3) is 0 Å². The van der Waals surface area contributed by atoms with Crippen molar-refractivity contribution in [2.75, 3.05) is 19.8 Å². The molecule has 1 amide bonds. The number of rotatable bonds is 25. The lowest BCUT2D eigenvalue weighted by Gasteiger charge is -2.15. The summed E-state index contributed by atoms with van der Waals surface area (Å²) >= 11 is 0. The SMILES string of the molecule is CCCCCCCCCCCCCCCCOC(=O)NC(CO)C(=O)OCCCCCCCC. The number of nitrogens with one attached hydrogen (secondary N) is 1. The molecule has 0 heterocycles. The molecule has 0 radical (unpaired) electrons. The predicted octanol–water partition coefficient (Wildman–Crippen LogP) is 7.46. The fourth-order valence-electron chi connectivity index (χ4n) is 3.98. The van der Waals surface area contributed by atoms with Gasteiger partial charge in [-0.15, -0.1) is 0 Å². The Hall–Kier alpha value is -1.30. The lowest BCUT2D eigenvalue weighted by molar-refractivity contribution is -0.147. The number of carbonyl (C=O) groups is 2. The second-order valence-corrected chi connectivity index (χ2v) is 9.55. The smallest absolute Gasteiger partial charge is 0.407 e. The highest BCUT2D eigenvalue weighted by atomic mass is 16.6. The lowest BCUT2D eigenvalue weighted by atomic mass is 10.0. The fourth-order valence-corrected chi connectivity index (χ4v) is 3.98. The normalized spacial score (nSPS) is 11.9. The summed E-state index contributed by atoms with van der Waals surface area (Å²) in [5.41, 5.74) is 0. The van der Waals surface area contributed by atoms with Crippen molar-refractivity contribution in [3.63, 3.8) is 0 Å². The molecule has 1 atom stereocenters. The molecule has 0 bridgehead atoms. The van der Waals surface area contributed by atoms with Crippen molar-refractivity contribution in [3.05, 3.63) is 0 Å². The van der Waals surface area contributed by atoms with Crippen molar-refractivity contribution in [1.29, 1.82) is 0 Å². The molecule has 0 aromatic carbocycles. The number of carbonyl (C=O) groups excluding carboxylic acids is 2. The van der Waals surface area contributed by atoms with E-state index in [4.69, 9.17) is 9.47 Å². The molecule has 0 fully saturated rings. The molecule has 0 aliphatic rings. The number of ether oxygens (including phenoxy) is 2. The van der Waals surface area contributed by atoms with E-state index in [1.54, 1.807) is 0 Å². The molecule has 0 rings (SSSR count). The first-order valence-electron chi connectivity index (χ1n) is 14.4. The molecule has 1 unspecified atom stereocenters. The zero-order chi connectivity index (χ0) is 25.1. The summed E-state index contributed by atoms with van der Waals surface area (Å²) in [5, 5.41) is 11.8. The van der Waals surface area contributed by atoms with E-state index in [0.29, 0.717) is 13.2 Å². The van der Waals surface area contributed by atoms with Gasteiger partial charge in [-0.3, -0.25) is 0 Å². The zero-order valence-corrected chi connectivity index (χ0v) is 22.4. The molecule has 0 aromatic rings. The first kappa shape index (κ1) is 32.7. The van der Waals surface area contributed by atoms with Crippen LogP contribution in [0.2, 0.25) is 0 Å². The molecule has 0 aliphatic carbocycles. The average Bonchev–Trinajstić information content (AvgIpc) is 2.84. The molecule has 6 nitrogen and oxygen atoms in total. The monoisotopic (exact) mass is 485 g/mol. The summed E-state index contributed by atoms with van der Waals surface area (Å²) in [6, 6.07) is -1.07. The predicted molar refractivity (Wildman–Crippen MR) is 140 cm³/mol. The summed E-state index contributed by atoms with van der Waals surface area (Å²) in [4.78, 5) is 23.9. The van der Waals surface area contributed by atoms with Crippen molar-refractivity contribution in [1.82, 2.24) is 5.32 Å². The van der Waals surface area contributed by atoms with Crippen LogP contribution in [0.3, 0.4) is 0 Å². The highest BCUT2D eigenvalue weighted by molar-refractivity contribution is 5.81. The van der Waals surface area contributed by atoms with E-state index in [1.165, 1.54) is 89.9 Å². The van der Waals surface area contributed by atoms with E-state index in [9.17, 15) is 14.7 Å². The molecule has 34 heavy (non-hydrogen) atoms. The molecule has 202 valence electrons. The Labute approximate surface area is 209 Å². The third kappa shape index (κ3) is 22.5. The van der Waals surface area contributed by atoms with E-state index in [0.717, 1.165) is 38.5 Å². The Morgan fingerprint density at radius 3 is 1.32 bits per heavy atom. The van der Waals surface area contributed by atoms with Crippen LogP contribution in [0.4, 0.5) is 4.79 Å². The van der Waals surface area contributed by atoms with E-state index >= 15 is 0 Å². The Balaban J connectivity index is 3.53. The van der Waals surface area contributed by atoms with Gasteiger partial charge >= 0.3 is 12.1 Å². The van der Waals surface area contributed by atoms with Gasteiger partial charge in [-0.05, 0) is 12.8 Å². The maximum absolute atomic E-state index is 12.0. The summed E-state index contributed by atoms with van der Waals surface area (Å²) in [6.45, 7) is 4.58. The molecule has 0 saturated carbocycles. The fraction of sp³-hybridized carbons (Fsp3) is 0.929. The Kier molecular flexibility index (Phi) is 25.3. The second-order valence-electron chi connectivity index (χ2n) is 9.55. The second kappa shape index (κ2) is 26.3. The topological polar surface area (TPSA) is 84.9 Å². The van der Waals surface area contributed by atoms with Crippen molar-refractivity contribution in [2.24, 2.45) is 0 Å². The molecule has 0 aliphatic heterocycles. The van der Waals surface area contributed by atoms with Crippen molar-refractivity contribution in [2.45, 2.75) is 148 Å². The van der Waals surface area contributed by atoms with Crippen LogP contribution in [-0.4, -0.2) is 43.0 Å². The molecule has 6 heteroatoms. The van der Waals surface area contributed by atoms with Gasteiger partial charge in [0.15, 0.2) is 6.04 Å². The van der Waals surface area contributed by atoms with Gasteiger partial charge in [0.25, 0.3) is 0 Å². The zero-order valence-electron chi connectivity index (χ0n) is 22.4. The van der Waals surface area contributed by atoms with Gasteiger partial charge in [-0.1, -0.05) is 129 Å². The van der Waals surface area contributed by atoms with Gasteiger partial charge in [0.1, 0.15) is 0 Å². The third-order valence-electron chi connectivity index (χ3n) is 6.23. The van der Waals surface area contributed by atoms with Crippen molar-refractivity contribution >= 4 is 12.1 Å². The van der Waals surface area contributed by atoms with Gasteiger partial charge in [-0.2, -0.15) is 0 Å². The Morgan fingerprint density at radius 1 is 0.588 bits per heavy atom. The standard InChI is InChI=1S/C28H55NO5/c1-3-5-7-9-11-12-13-14-15-16-17-18-20-22-24-34-28(32)29-26(25-30)27(31)33-23-21-19-10-8-6-4-2/h26,30H,3-25H2,1-2H3,(H,29,32). The van der Waals surface area contributed by atoms with Crippen LogP contribution < -0.4 is 5.32 Å². The lowest BCUT2D eigenvalue weighted by Crippen LogP contribution is -2.44. The number of hydrogen-bond acceptors (Lipinski definition) is 5. The van der Waals surface area contributed by atoms with Crippen LogP contribution in [0.15, 0.2) is 0 Å². The van der Waals surface area contributed by atoms with Crippen LogP contribution in [-0.2, 0) is 14.3 Å². The third-order valence-corrected chi connectivity index (χ3v) is 6.23. The number of unbranched alkanes of at least 4 members (excludes halogenated alkanes) is 18. The highest BCUT2D eigenvalue weighted by Crippen LogP contribution is 2.13. The number of amides is 1. The highest BCUT2D eigenvalue weighted by Gasteiger charge is 2.21. The first-order valence-corrected chi connectivity index (χ1v) is 14.4. The van der Waals surface area contributed by atoms with Gasteiger partial charge < -0.3 is 19.9 Å². The maximum Gasteiger partial charge on any atom is 0.407 e. The van der Waals surface area contributed by atoms with Crippen LogP contribution >= 0.6 is 0 Å². The molecular formula is C28H55NO5. The largest absolute Gasteiger partial charge is 0.464 e. The summed E-state index contributed by atoms with van der Waals surface area (Å²) in [7, 11) is 0. The number of hydrogen-bond donors (Lipinski definition) is 2. The minimum atomic E-state index is -1.07. The van der Waals surface area contributed by atoms with Crippen LogP contribution in [0, 0.1) is 0 Å². The summed E-state index contributed by atoms with van der Waals surface area (Å²) < 4.78 is 10.3. The van der Waals surface area contributed by atoms with E-state index < -0.39 is 24.7 Å². The minimum absolute atomic E-state index is 0.317. The summed E-state index contributed by atoms with van der Waals surface area (Å²) in [5.74, 6) is -0.607. The van der Waals surface area contributed by atoms with E-state index in [2.05, 4.69) is 19.2 Å². The van der Waals surface area contributed by atoms with Gasteiger partial charge in [0.2, 0.25) is 0 Å². The Bertz CT molecular complexity index is 458. The number of alkyl carbamates (subject to hydrolysis) is 1. The maximum atomic E-state index is 12.0. The van der Waals surface area contributed by atoms with Crippen molar-refractivity contribution in [3.8, 4) is 0 Å². The number of esters is 1. The van der Waals surface area contributed by atoms with Gasteiger partial charge in [0, 0.05) is 0 Å². The quantitative estimate of drug-likeness (QED) is 0.104. The molecule has 0 spiro atoms. The van der Waals surface area contributed by atoms with E-state index in [1.807, 2.05) is 0 Å². The van der Waals surface area contributed by atoms with Gasteiger partial charge in [-0.25, -0.2) is 9.59 Å². The summed E-state index contributed by atoms with van der Waals surface area (Å²) in [6.07, 6.45) is 23.8. The molecular weight excluding hydrogens is 430 g/mol. The van der Waals surface area contributed by atoms with E-state index in [-0.39, 0.29) is 0 Å². The molecule has 2 N–H and O–H groups in total. The average molecular weight is 486 g/mol. The number of aliphatic hydroxyl groups is 1. The van der Waals surface area contributed by atoms with Crippen LogP contribution in [0.1, 0.15) is 142 Å². The Morgan fingerprint density at radius 2 is 0.941 bits per heavy atom. The minimum Gasteiger partial charge on any atom is -0.464 e. The van der Waals surface area contributed by atoms with Gasteiger partial charge in [0.05, 0.1) is 19.8 Å². The molecule has 0 saturated heterocycles. The first-order chi connectivity index (χ1) is 16.7.